The molecule has 1 amide bonds. The van der Waals surface area contributed by atoms with Crippen LogP contribution in [-0.4, -0.2) is 51.1 Å². The predicted molar refractivity (Wildman–Crippen MR) is 96.9 cm³/mol. The highest BCUT2D eigenvalue weighted by Gasteiger charge is 2.33. The average Bonchev–Trinajstić information content (AvgIpc) is 2.67. The summed E-state index contributed by atoms with van der Waals surface area (Å²) in [5.41, 5.74) is 0.885. The van der Waals surface area contributed by atoms with E-state index in [2.05, 4.69) is 4.98 Å². The lowest BCUT2D eigenvalue weighted by Crippen LogP contribution is -2.50. The second-order valence-electron chi connectivity index (χ2n) is 6.68. The van der Waals surface area contributed by atoms with Crippen molar-refractivity contribution in [3.8, 4) is 0 Å². The van der Waals surface area contributed by atoms with Gasteiger partial charge in [0.05, 0.1) is 18.7 Å². The highest BCUT2D eigenvalue weighted by atomic mass is 19.4. The number of aromatic nitrogens is 1. The van der Waals surface area contributed by atoms with Crippen molar-refractivity contribution in [2.24, 2.45) is 0 Å². The normalized spacial score (nSPS) is 15.0. The first-order chi connectivity index (χ1) is 12.8. The molecule has 0 bridgehead atoms. The number of nitrogens with zero attached hydrogens (tertiary/aromatic N) is 3. The molecule has 0 aliphatic carbocycles. The van der Waals surface area contributed by atoms with Crippen LogP contribution in [0.4, 0.5) is 24.7 Å². The summed E-state index contributed by atoms with van der Waals surface area (Å²) in [7, 11) is 3.84. The predicted octanol–water partition coefficient (Wildman–Crippen LogP) is 2.55. The molecule has 1 N–H and O–H groups in total. The van der Waals surface area contributed by atoms with E-state index in [0.29, 0.717) is 37.6 Å². The molecule has 2 aromatic rings. The van der Waals surface area contributed by atoms with E-state index in [-0.39, 0.29) is 5.91 Å². The fourth-order valence-corrected chi connectivity index (χ4v) is 3.04. The van der Waals surface area contributed by atoms with E-state index in [9.17, 15) is 18.0 Å². The van der Waals surface area contributed by atoms with Crippen LogP contribution < -0.4 is 14.8 Å². The van der Waals surface area contributed by atoms with Crippen molar-refractivity contribution < 1.29 is 22.9 Å². The molecule has 1 fully saturated rings. The van der Waals surface area contributed by atoms with Gasteiger partial charge in [-0.2, -0.15) is 13.2 Å². The van der Waals surface area contributed by atoms with Crippen molar-refractivity contribution in [3.63, 3.8) is 0 Å². The lowest BCUT2D eigenvalue weighted by molar-refractivity contribution is -0.367. The third kappa shape index (κ3) is 4.32. The van der Waals surface area contributed by atoms with E-state index in [1.165, 1.54) is 6.07 Å². The Hall–Kier alpha value is -2.77. The molecule has 3 rings (SSSR count). The summed E-state index contributed by atoms with van der Waals surface area (Å²) in [6.45, 7) is 2.14. The Balaban J connectivity index is 1.63. The quantitative estimate of drug-likeness (QED) is 0.823. The molecule has 2 heterocycles. The first-order valence-electron chi connectivity index (χ1n) is 8.66. The van der Waals surface area contributed by atoms with Crippen LogP contribution in [0.15, 0.2) is 42.6 Å². The van der Waals surface area contributed by atoms with Crippen molar-refractivity contribution in [1.29, 1.82) is 0 Å². The maximum absolute atomic E-state index is 12.7. The van der Waals surface area contributed by atoms with Gasteiger partial charge in [0.25, 0.3) is 11.7 Å². The number of carbonyl (C=O) groups is 1. The molecule has 1 saturated heterocycles. The lowest BCUT2D eigenvalue weighted by atomic mass is 10.1. The number of piperazine rings is 1. The molecule has 0 atom stereocenters. The maximum Gasteiger partial charge on any atom is 0.419 e. The van der Waals surface area contributed by atoms with Gasteiger partial charge >= 0.3 is 6.18 Å². The molecule has 5 nitrogen and oxygen atoms in total. The summed E-state index contributed by atoms with van der Waals surface area (Å²) in [5.74, 6) is 0.583. The molecule has 1 aromatic heterocycles. The van der Waals surface area contributed by atoms with E-state index in [1.807, 2.05) is 42.1 Å². The number of hydrogen-bond acceptors (Lipinski definition) is 3. The van der Waals surface area contributed by atoms with Gasteiger partial charge in [0.15, 0.2) is 0 Å². The molecule has 0 saturated carbocycles. The molecular formula is C19H22F3N4O+. The summed E-state index contributed by atoms with van der Waals surface area (Å²) in [5, 5.41) is 0. The number of amides is 1. The zero-order valence-electron chi connectivity index (χ0n) is 15.3. The molecule has 0 spiro atoms. The standard InChI is InChI=1S/C19H21F3N4O/c1-24(2)16-5-3-4-14(12-16)18(27)26-10-8-25(9-11-26)17-7-6-15(13-23-17)19(20,21)22/h3-7,12-13H,8-11H2,1-2H3/p+1. The molecule has 1 aromatic carbocycles. The summed E-state index contributed by atoms with van der Waals surface area (Å²) < 4.78 is 38.0. The van der Waals surface area contributed by atoms with Crippen molar-refractivity contribution in [1.82, 2.24) is 4.90 Å². The summed E-state index contributed by atoms with van der Waals surface area (Å²) in [4.78, 5) is 21.1. The first kappa shape index (κ1) is 19.0. The highest BCUT2D eigenvalue weighted by Crippen LogP contribution is 2.28. The van der Waals surface area contributed by atoms with Gasteiger partial charge in [0.2, 0.25) is 0 Å². The van der Waals surface area contributed by atoms with Gasteiger partial charge in [-0.05, 0) is 24.3 Å². The number of anilines is 2. The van der Waals surface area contributed by atoms with E-state index < -0.39 is 11.7 Å². The van der Waals surface area contributed by atoms with Crippen LogP contribution in [0.25, 0.3) is 0 Å². The van der Waals surface area contributed by atoms with E-state index in [4.69, 9.17) is 0 Å². The molecule has 27 heavy (non-hydrogen) atoms. The zero-order valence-corrected chi connectivity index (χ0v) is 15.3. The fraction of sp³-hybridized carbons (Fsp3) is 0.368. The van der Waals surface area contributed by atoms with Gasteiger partial charge < -0.3 is 9.80 Å². The molecular weight excluding hydrogens is 357 g/mol. The minimum Gasteiger partial charge on any atom is -0.378 e. The monoisotopic (exact) mass is 379 g/mol. The number of nitrogens with one attached hydrogen (secondary N) is 1. The fourth-order valence-electron chi connectivity index (χ4n) is 3.04. The SMILES string of the molecule is CN(C)c1cccc(C(=O)N2CCN(c3ccc(C(F)(F)F)c[nH+]3)CC2)c1. The number of aromatic amines is 1. The van der Waals surface area contributed by atoms with Crippen molar-refractivity contribution in [3.05, 3.63) is 53.7 Å². The lowest BCUT2D eigenvalue weighted by Gasteiger charge is -2.31. The van der Waals surface area contributed by atoms with Crippen LogP contribution in [-0.2, 0) is 6.18 Å². The van der Waals surface area contributed by atoms with Crippen LogP contribution in [0.1, 0.15) is 15.9 Å². The van der Waals surface area contributed by atoms with Crippen LogP contribution >= 0.6 is 0 Å². The van der Waals surface area contributed by atoms with Crippen LogP contribution in [0.3, 0.4) is 0 Å². The summed E-state index contributed by atoms with van der Waals surface area (Å²) in [6.07, 6.45) is -3.39. The van der Waals surface area contributed by atoms with Gasteiger partial charge in [-0.1, -0.05) is 6.07 Å². The van der Waals surface area contributed by atoms with E-state index in [0.717, 1.165) is 18.0 Å². The smallest absolute Gasteiger partial charge is 0.378 e. The number of benzene rings is 1. The number of rotatable bonds is 3. The Morgan fingerprint density at radius 1 is 1.07 bits per heavy atom. The molecule has 1 aliphatic rings. The van der Waals surface area contributed by atoms with Crippen LogP contribution in [0.5, 0.6) is 0 Å². The Kier molecular flexibility index (Phi) is 5.25. The number of carbonyl (C=O) groups excluding carboxylic acids is 1. The molecule has 8 heteroatoms. The molecule has 144 valence electrons. The number of hydrogen-bond donors (Lipinski definition) is 0. The Bertz CT molecular complexity index is 797. The third-order valence-electron chi connectivity index (χ3n) is 4.64. The minimum atomic E-state index is -4.36. The van der Waals surface area contributed by atoms with Crippen molar-refractivity contribution >= 4 is 17.4 Å². The first-order valence-corrected chi connectivity index (χ1v) is 8.66. The average molecular weight is 379 g/mol. The van der Waals surface area contributed by atoms with Crippen molar-refractivity contribution in [2.75, 3.05) is 50.1 Å². The summed E-state index contributed by atoms with van der Waals surface area (Å²) in [6, 6.07) is 9.95. The molecule has 1 aliphatic heterocycles. The van der Waals surface area contributed by atoms with Crippen LogP contribution in [0, 0.1) is 0 Å². The zero-order chi connectivity index (χ0) is 19.6. The number of H-pyrrole nitrogens is 1. The van der Waals surface area contributed by atoms with Crippen molar-refractivity contribution in [2.45, 2.75) is 6.18 Å². The third-order valence-corrected chi connectivity index (χ3v) is 4.64. The van der Waals surface area contributed by atoms with Gasteiger partial charge in [-0.3, -0.25) is 9.69 Å². The van der Waals surface area contributed by atoms with Gasteiger partial charge in [-0.25, -0.2) is 4.98 Å². The molecule has 0 unspecified atom stereocenters. The summed E-state index contributed by atoms with van der Waals surface area (Å²) >= 11 is 0. The topological polar surface area (TPSA) is 40.9 Å². The minimum absolute atomic E-state index is 0.0326. The Labute approximate surface area is 156 Å². The number of halogens is 3. The second kappa shape index (κ2) is 7.46. The van der Waals surface area contributed by atoms with Gasteiger partial charge in [-0.15, -0.1) is 0 Å². The number of pyridine rings is 1. The van der Waals surface area contributed by atoms with Crippen LogP contribution in [0.2, 0.25) is 0 Å². The highest BCUT2D eigenvalue weighted by molar-refractivity contribution is 5.95. The Morgan fingerprint density at radius 3 is 2.33 bits per heavy atom. The largest absolute Gasteiger partial charge is 0.419 e. The Morgan fingerprint density at radius 2 is 1.78 bits per heavy atom. The maximum atomic E-state index is 12.7. The number of alkyl halides is 3. The van der Waals surface area contributed by atoms with Gasteiger partial charge in [0, 0.05) is 31.4 Å². The second-order valence-corrected chi connectivity index (χ2v) is 6.68. The van der Waals surface area contributed by atoms with E-state index >= 15 is 0 Å². The molecule has 0 radical (unpaired) electrons. The van der Waals surface area contributed by atoms with E-state index in [1.54, 1.807) is 11.0 Å². The van der Waals surface area contributed by atoms with Gasteiger partial charge in [0.1, 0.15) is 19.3 Å².